The number of alkyl halides is 8. The van der Waals surface area contributed by atoms with Crippen LogP contribution in [0.3, 0.4) is 0 Å². The number of rotatable bonds is 11. The number of aryl methyl sites for hydroxylation is 1. The predicted molar refractivity (Wildman–Crippen MR) is 144 cm³/mol. The number of halogens is 8. The van der Waals surface area contributed by atoms with Crippen LogP contribution in [0.25, 0.3) is 5.78 Å². The van der Waals surface area contributed by atoms with E-state index in [1.807, 2.05) is 0 Å². The van der Waals surface area contributed by atoms with E-state index in [0.29, 0.717) is 5.69 Å². The minimum absolute atomic E-state index is 0.0272. The zero-order valence-electron chi connectivity index (χ0n) is 24.6. The highest BCUT2D eigenvalue weighted by molar-refractivity contribution is 5.95. The molecule has 0 spiro atoms. The first-order chi connectivity index (χ1) is 21.5. The number of fused-ring (bicyclic) bond motifs is 1. The number of nitrogens with zero attached hydrogens (tertiary/aromatic N) is 4. The molecule has 9 nitrogen and oxygen atoms in total. The van der Waals surface area contributed by atoms with Gasteiger partial charge in [0.2, 0.25) is 17.6 Å². The van der Waals surface area contributed by atoms with Gasteiger partial charge in [-0.15, -0.1) is 0 Å². The van der Waals surface area contributed by atoms with E-state index in [0.717, 1.165) is 26.0 Å². The van der Waals surface area contributed by atoms with E-state index in [2.05, 4.69) is 25.8 Å². The zero-order valence-corrected chi connectivity index (χ0v) is 24.6. The van der Waals surface area contributed by atoms with Crippen LogP contribution in [-0.4, -0.2) is 49.6 Å². The van der Waals surface area contributed by atoms with Crippen LogP contribution >= 0.6 is 0 Å². The Morgan fingerprint density at radius 3 is 2.26 bits per heavy atom. The Labute approximate surface area is 257 Å². The second kappa shape index (κ2) is 12.8. The molecule has 3 aromatic heterocycles. The molecular weight excluding hydrogens is 632 g/mol. The molecular formula is C29H32F8N6O3. The highest BCUT2D eigenvalue weighted by Gasteiger charge is 2.41. The van der Waals surface area contributed by atoms with Crippen molar-refractivity contribution < 1.29 is 49.2 Å². The van der Waals surface area contributed by atoms with E-state index in [4.69, 9.17) is 4.52 Å². The van der Waals surface area contributed by atoms with Crippen LogP contribution in [0.4, 0.5) is 35.1 Å². The average Bonchev–Trinajstić information content (AvgIpc) is 3.53. The Morgan fingerprint density at radius 2 is 1.63 bits per heavy atom. The van der Waals surface area contributed by atoms with Gasteiger partial charge in [-0.25, -0.2) is 18.7 Å². The summed E-state index contributed by atoms with van der Waals surface area (Å²) in [5.41, 5.74) is 0.203. The lowest BCUT2D eigenvalue weighted by molar-refractivity contribution is -0.174. The van der Waals surface area contributed by atoms with Crippen molar-refractivity contribution in [1.82, 2.24) is 30.2 Å². The third kappa shape index (κ3) is 8.32. The van der Waals surface area contributed by atoms with Crippen molar-refractivity contribution in [3.05, 3.63) is 47.4 Å². The fourth-order valence-electron chi connectivity index (χ4n) is 5.65. The van der Waals surface area contributed by atoms with Gasteiger partial charge < -0.3 is 15.2 Å². The Hall–Kier alpha value is -3.79. The summed E-state index contributed by atoms with van der Waals surface area (Å²) in [7, 11) is 0. The number of hydrogen-bond donors (Lipinski definition) is 2. The van der Waals surface area contributed by atoms with Gasteiger partial charge >= 0.3 is 12.4 Å². The van der Waals surface area contributed by atoms with Crippen molar-refractivity contribution in [2.75, 3.05) is 0 Å². The van der Waals surface area contributed by atoms with Crippen LogP contribution in [0, 0.1) is 17.8 Å². The van der Waals surface area contributed by atoms with Gasteiger partial charge in [0.25, 0.3) is 5.91 Å². The molecule has 3 aromatic rings. The molecule has 2 aliphatic rings. The standard InChI is InChI=1S/C29H32F8N6O3/c1-15(29(35,36)37)12-22(44)40-23(16-2-3-16)20-7-11-43-13-21(39-26(43)38-20)24(17-4-8-27(30,31)9-5-17)41-25(45)18-14-46-42-19(18)6-10-28(32,33)34/h7,11,13-17,23-24H,2-6,8-10,12H2,1H3,(H,40,44)(H,41,45)/t15-,23?,24+/m1/s1. The SMILES string of the molecule is C[C@H](CC(=O)NC(c1ccn2cc([C@@H](NC(=O)c3conc3CCC(F)(F)F)C3CCC(F)(F)CC3)nc2n1)C1CC1)C(F)(F)F. The Morgan fingerprint density at radius 1 is 1.00 bits per heavy atom. The molecule has 3 atom stereocenters. The summed E-state index contributed by atoms with van der Waals surface area (Å²) in [4.78, 5) is 34.8. The van der Waals surface area contributed by atoms with Gasteiger partial charge in [0, 0.05) is 44.5 Å². The summed E-state index contributed by atoms with van der Waals surface area (Å²) < 4.78 is 112. The molecule has 5 rings (SSSR count). The smallest absolute Gasteiger partial charge is 0.364 e. The number of carbonyl (C=O) groups is 2. The van der Waals surface area contributed by atoms with Gasteiger partial charge in [0.1, 0.15) is 11.8 Å². The maximum absolute atomic E-state index is 14.0. The first kappa shape index (κ1) is 33.6. The van der Waals surface area contributed by atoms with Crippen LogP contribution in [0.2, 0.25) is 0 Å². The quantitative estimate of drug-likeness (QED) is 0.222. The molecule has 17 heteroatoms. The van der Waals surface area contributed by atoms with E-state index >= 15 is 0 Å². The molecule has 0 bridgehead atoms. The van der Waals surface area contributed by atoms with Crippen LogP contribution < -0.4 is 10.6 Å². The zero-order chi connectivity index (χ0) is 33.4. The number of hydrogen-bond acceptors (Lipinski definition) is 6. The highest BCUT2D eigenvalue weighted by atomic mass is 19.4. The summed E-state index contributed by atoms with van der Waals surface area (Å²) in [6.07, 6.45) is -6.87. The molecule has 0 aliphatic heterocycles. The normalized spacial score (nSPS) is 19.5. The second-order valence-electron chi connectivity index (χ2n) is 12.2. The maximum Gasteiger partial charge on any atom is 0.392 e. The van der Waals surface area contributed by atoms with E-state index < -0.39 is 86.1 Å². The van der Waals surface area contributed by atoms with Crippen molar-refractivity contribution in [2.24, 2.45) is 17.8 Å². The van der Waals surface area contributed by atoms with Gasteiger partial charge in [0.05, 0.1) is 35.1 Å². The van der Waals surface area contributed by atoms with Gasteiger partial charge in [-0.1, -0.05) is 12.1 Å². The van der Waals surface area contributed by atoms with Crippen molar-refractivity contribution in [2.45, 2.75) is 95.1 Å². The van der Waals surface area contributed by atoms with Crippen LogP contribution in [-0.2, 0) is 11.2 Å². The van der Waals surface area contributed by atoms with Crippen molar-refractivity contribution in [1.29, 1.82) is 0 Å². The fraction of sp³-hybridized carbons (Fsp3) is 0.621. The number of imidazole rings is 1. The van der Waals surface area contributed by atoms with Crippen molar-refractivity contribution >= 4 is 17.6 Å². The Balaban J connectivity index is 1.39. The molecule has 2 N–H and O–H groups in total. The van der Waals surface area contributed by atoms with Gasteiger partial charge in [-0.3, -0.25) is 14.0 Å². The number of nitrogens with one attached hydrogen (secondary N) is 2. The van der Waals surface area contributed by atoms with Gasteiger partial charge in [-0.2, -0.15) is 26.3 Å². The maximum atomic E-state index is 14.0. The molecule has 0 saturated heterocycles. The lowest BCUT2D eigenvalue weighted by atomic mass is 9.81. The molecule has 46 heavy (non-hydrogen) atoms. The number of aromatic nitrogens is 4. The molecule has 2 saturated carbocycles. The average molecular weight is 665 g/mol. The van der Waals surface area contributed by atoms with Crippen molar-refractivity contribution in [3.63, 3.8) is 0 Å². The van der Waals surface area contributed by atoms with E-state index in [9.17, 15) is 44.7 Å². The molecule has 2 fully saturated rings. The minimum Gasteiger partial charge on any atom is -0.364 e. The summed E-state index contributed by atoms with van der Waals surface area (Å²) >= 11 is 0. The Bertz CT molecular complexity index is 1540. The number of carbonyl (C=O) groups excluding carboxylic acids is 2. The number of amides is 2. The monoisotopic (exact) mass is 664 g/mol. The lowest BCUT2D eigenvalue weighted by Gasteiger charge is -2.33. The van der Waals surface area contributed by atoms with E-state index in [1.165, 1.54) is 10.6 Å². The third-order valence-corrected chi connectivity index (χ3v) is 8.52. The summed E-state index contributed by atoms with van der Waals surface area (Å²) in [5, 5.41) is 8.93. The van der Waals surface area contributed by atoms with E-state index in [1.54, 1.807) is 12.3 Å². The third-order valence-electron chi connectivity index (χ3n) is 8.52. The van der Waals surface area contributed by atoms with Crippen LogP contribution in [0.5, 0.6) is 0 Å². The molecule has 0 radical (unpaired) electrons. The highest BCUT2D eigenvalue weighted by Crippen LogP contribution is 2.43. The lowest BCUT2D eigenvalue weighted by Crippen LogP contribution is -2.37. The molecule has 252 valence electrons. The molecule has 2 amide bonds. The first-order valence-electron chi connectivity index (χ1n) is 14.9. The summed E-state index contributed by atoms with van der Waals surface area (Å²) in [6, 6.07) is 0.00746. The van der Waals surface area contributed by atoms with Gasteiger partial charge in [0.15, 0.2) is 0 Å². The van der Waals surface area contributed by atoms with Crippen LogP contribution in [0.15, 0.2) is 29.2 Å². The molecule has 0 aromatic carbocycles. The molecule has 2 aliphatic carbocycles. The van der Waals surface area contributed by atoms with E-state index in [-0.39, 0.29) is 41.5 Å². The minimum atomic E-state index is -4.52. The topological polar surface area (TPSA) is 114 Å². The summed E-state index contributed by atoms with van der Waals surface area (Å²) in [6.45, 7) is 0.928. The fourth-order valence-corrected chi connectivity index (χ4v) is 5.65. The molecule has 3 heterocycles. The predicted octanol–water partition coefficient (Wildman–Crippen LogP) is 6.66. The summed E-state index contributed by atoms with van der Waals surface area (Å²) in [5.74, 6) is -6.68. The van der Waals surface area contributed by atoms with Gasteiger partial charge in [-0.05, 0) is 43.6 Å². The van der Waals surface area contributed by atoms with Crippen molar-refractivity contribution in [3.8, 4) is 0 Å². The first-order valence-corrected chi connectivity index (χ1v) is 14.9. The largest absolute Gasteiger partial charge is 0.392 e. The molecule has 1 unspecified atom stereocenters. The Kier molecular flexibility index (Phi) is 9.33. The second-order valence-corrected chi connectivity index (χ2v) is 12.2. The van der Waals surface area contributed by atoms with Crippen LogP contribution in [0.1, 0.15) is 97.8 Å².